The molecule has 0 bridgehead atoms. The van der Waals surface area contributed by atoms with Crippen molar-refractivity contribution in [3.63, 3.8) is 0 Å². The Labute approximate surface area is 229 Å². The molecular formula is C32H46N4O2. The second-order valence-electron chi connectivity index (χ2n) is 12.3. The van der Waals surface area contributed by atoms with Crippen LogP contribution in [0.5, 0.6) is 0 Å². The highest BCUT2D eigenvalue weighted by molar-refractivity contribution is 5.97. The summed E-state index contributed by atoms with van der Waals surface area (Å²) < 4.78 is 0. The minimum absolute atomic E-state index is 0.150. The van der Waals surface area contributed by atoms with Gasteiger partial charge in [-0.2, -0.15) is 0 Å². The molecule has 0 aliphatic heterocycles. The zero-order chi connectivity index (χ0) is 28.2. The molecule has 0 radical (unpaired) electrons. The van der Waals surface area contributed by atoms with Crippen molar-refractivity contribution in [1.82, 2.24) is 15.2 Å². The largest absolute Gasteiger partial charge is 0.382 e. The molecule has 1 aliphatic carbocycles. The monoisotopic (exact) mass is 518 g/mol. The minimum atomic E-state index is -0.205. The molecule has 1 aromatic carbocycles. The van der Waals surface area contributed by atoms with Crippen LogP contribution in [0.3, 0.4) is 0 Å². The average Bonchev–Trinajstić information content (AvgIpc) is 2.83. The molecule has 1 aliphatic rings. The van der Waals surface area contributed by atoms with Crippen LogP contribution >= 0.6 is 0 Å². The van der Waals surface area contributed by atoms with Gasteiger partial charge in [0.25, 0.3) is 11.5 Å². The van der Waals surface area contributed by atoms with Crippen LogP contribution < -0.4 is 16.2 Å². The van der Waals surface area contributed by atoms with Crippen LogP contribution in [0, 0.1) is 43.9 Å². The maximum Gasteiger partial charge on any atom is 0.253 e. The van der Waals surface area contributed by atoms with E-state index in [1.54, 1.807) is 0 Å². The molecule has 1 saturated carbocycles. The van der Waals surface area contributed by atoms with Gasteiger partial charge in [-0.25, -0.2) is 0 Å². The number of aromatic nitrogens is 1. The van der Waals surface area contributed by atoms with Gasteiger partial charge >= 0.3 is 0 Å². The number of hydrogen-bond donors (Lipinski definition) is 3. The number of carbonyl (C=O) groups excluding carboxylic acids is 1. The highest BCUT2D eigenvalue weighted by Crippen LogP contribution is 2.31. The van der Waals surface area contributed by atoms with Crippen LogP contribution in [-0.2, 0) is 6.54 Å². The van der Waals surface area contributed by atoms with Crippen molar-refractivity contribution >= 4 is 11.6 Å². The summed E-state index contributed by atoms with van der Waals surface area (Å²) in [4.78, 5) is 31.0. The fourth-order valence-electron chi connectivity index (χ4n) is 5.28. The minimum Gasteiger partial charge on any atom is -0.382 e. The number of nitrogens with zero attached hydrogens (tertiary/aromatic N) is 1. The molecule has 6 heteroatoms. The van der Waals surface area contributed by atoms with Crippen LogP contribution in [0.1, 0.15) is 91.7 Å². The third kappa shape index (κ3) is 7.74. The third-order valence-corrected chi connectivity index (χ3v) is 7.72. The van der Waals surface area contributed by atoms with Crippen LogP contribution in [0.25, 0.3) is 0 Å². The van der Waals surface area contributed by atoms with Crippen molar-refractivity contribution in [2.24, 2.45) is 11.3 Å². The summed E-state index contributed by atoms with van der Waals surface area (Å²) in [6.07, 6.45) is 4.81. The number of benzene rings is 1. The first-order chi connectivity index (χ1) is 17.7. The summed E-state index contributed by atoms with van der Waals surface area (Å²) in [6.45, 7) is 14.4. The smallest absolute Gasteiger partial charge is 0.253 e. The number of nitrogens with one attached hydrogen (secondary N) is 3. The Hall–Kier alpha value is -3.04. The van der Waals surface area contributed by atoms with Gasteiger partial charge in [0.05, 0.1) is 0 Å². The molecule has 6 nitrogen and oxygen atoms in total. The van der Waals surface area contributed by atoms with Gasteiger partial charge in [-0.1, -0.05) is 11.8 Å². The van der Waals surface area contributed by atoms with Crippen LogP contribution in [0.4, 0.5) is 5.69 Å². The average molecular weight is 519 g/mol. The number of hydrogen-bond acceptors (Lipinski definition) is 4. The molecule has 2 aromatic rings. The summed E-state index contributed by atoms with van der Waals surface area (Å²) in [5, 5.41) is 6.72. The highest BCUT2D eigenvalue weighted by atomic mass is 16.1. The van der Waals surface area contributed by atoms with Gasteiger partial charge in [-0.05, 0) is 123 Å². The van der Waals surface area contributed by atoms with Gasteiger partial charge in [0.2, 0.25) is 0 Å². The number of pyridine rings is 1. The topological polar surface area (TPSA) is 77.2 Å². The van der Waals surface area contributed by atoms with Gasteiger partial charge in [-0.3, -0.25) is 9.59 Å². The lowest BCUT2D eigenvalue weighted by Crippen LogP contribution is -2.36. The summed E-state index contributed by atoms with van der Waals surface area (Å²) in [5.41, 5.74) is 5.17. The van der Waals surface area contributed by atoms with Gasteiger partial charge < -0.3 is 20.5 Å². The Morgan fingerprint density at radius 3 is 2.34 bits per heavy atom. The summed E-state index contributed by atoms with van der Waals surface area (Å²) >= 11 is 0. The first-order valence-electron chi connectivity index (χ1n) is 13.8. The lowest BCUT2D eigenvalue weighted by Gasteiger charge is -2.36. The van der Waals surface area contributed by atoms with Crippen molar-refractivity contribution in [2.75, 3.05) is 19.4 Å². The van der Waals surface area contributed by atoms with Crippen LogP contribution in [0.2, 0.25) is 0 Å². The van der Waals surface area contributed by atoms with E-state index in [0.29, 0.717) is 23.1 Å². The van der Waals surface area contributed by atoms with Gasteiger partial charge in [-0.15, -0.1) is 0 Å². The number of H-pyrrole nitrogens is 1. The van der Waals surface area contributed by atoms with Gasteiger partial charge in [0, 0.05) is 52.1 Å². The summed E-state index contributed by atoms with van der Waals surface area (Å²) in [7, 11) is 4.34. The van der Waals surface area contributed by atoms with E-state index in [2.05, 4.69) is 80.2 Å². The number of aryl methyl sites for hydroxylation is 2. The number of aromatic amines is 1. The first-order valence-corrected chi connectivity index (χ1v) is 13.8. The van der Waals surface area contributed by atoms with E-state index in [1.807, 2.05) is 32.9 Å². The molecule has 1 aromatic heterocycles. The second kappa shape index (κ2) is 12.2. The summed E-state index contributed by atoms with van der Waals surface area (Å²) in [5.74, 6) is 6.97. The quantitative estimate of drug-likeness (QED) is 0.420. The number of amides is 1. The molecule has 1 atom stereocenters. The maximum absolute atomic E-state index is 13.4. The first kappa shape index (κ1) is 29.5. The number of anilines is 1. The molecule has 0 spiro atoms. The Balaban J connectivity index is 1.86. The predicted octanol–water partition coefficient (Wildman–Crippen LogP) is 5.55. The number of rotatable bonds is 7. The third-order valence-electron chi connectivity index (χ3n) is 7.72. The van der Waals surface area contributed by atoms with E-state index in [4.69, 9.17) is 0 Å². The summed E-state index contributed by atoms with van der Waals surface area (Å²) in [6, 6.07) is 6.81. The zero-order valence-corrected chi connectivity index (χ0v) is 24.8. The lowest BCUT2D eigenvalue weighted by atomic mass is 9.81. The standard InChI is InChI=1S/C32H46N4O2/c1-20-16-21(2)34-31(38)28(20)19-33-30(37)27-17-24(14-15-32(5,6)7)18-29(22(27)3)35-23(4)25-10-12-26(13-11-25)36(8)9/h16-18,23,25-26,35H,10-13,19H2,1-9H3,(H,33,37)(H,34,38)/t23?,25-,26-. The molecule has 3 N–H and O–H groups in total. The van der Waals surface area contributed by atoms with Gasteiger partial charge in [0.15, 0.2) is 0 Å². The molecule has 1 unspecified atom stereocenters. The van der Waals surface area contributed by atoms with E-state index in [-0.39, 0.29) is 29.5 Å². The Morgan fingerprint density at radius 2 is 1.76 bits per heavy atom. The molecule has 3 rings (SSSR count). The molecule has 0 saturated heterocycles. The van der Waals surface area contributed by atoms with Gasteiger partial charge in [0.1, 0.15) is 0 Å². The van der Waals surface area contributed by atoms with E-state index >= 15 is 0 Å². The van der Waals surface area contributed by atoms with E-state index in [0.717, 1.165) is 28.1 Å². The van der Waals surface area contributed by atoms with Crippen molar-refractivity contribution in [3.8, 4) is 11.8 Å². The molecule has 38 heavy (non-hydrogen) atoms. The van der Waals surface area contributed by atoms with Crippen molar-refractivity contribution in [3.05, 3.63) is 62.1 Å². The lowest BCUT2D eigenvalue weighted by molar-refractivity contribution is 0.0950. The van der Waals surface area contributed by atoms with Crippen molar-refractivity contribution in [2.45, 2.75) is 92.8 Å². The van der Waals surface area contributed by atoms with Crippen LogP contribution in [-0.4, -0.2) is 42.0 Å². The van der Waals surface area contributed by atoms with Crippen molar-refractivity contribution < 1.29 is 4.79 Å². The second-order valence-corrected chi connectivity index (χ2v) is 12.3. The fourth-order valence-corrected chi connectivity index (χ4v) is 5.28. The molecule has 1 amide bonds. The Bertz CT molecular complexity index is 1270. The molecule has 206 valence electrons. The maximum atomic E-state index is 13.4. The highest BCUT2D eigenvalue weighted by Gasteiger charge is 2.27. The van der Waals surface area contributed by atoms with E-state index in [9.17, 15) is 9.59 Å². The zero-order valence-electron chi connectivity index (χ0n) is 24.8. The Morgan fingerprint density at radius 1 is 1.11 bits per heavy atom. The van der Waals surface area contributed by atoms with Crippen LogP contribution in [0.15, 0.2) is 23.0 Å². The predicted molar refractivity (Wildman–Crippen MR) is 158 cm³/mol. The molecule has 1 fully saturated rings. The Kier molecular flexibility index (Phi) is 9.49. The van der Waals surface area contributed by atoms with E-state index in [1.165, 1.54) is 25.7 Å². The molecule has 1 heterocycles. The normalized spacial score (nSPS) is 18.5. The van der Waals surface area contributed by atoms with E-state index < -0.39 is 0 Å². The SMILES string of the molecule is Cc1cc(C)c(CNC(=O)c2cc(C#CC(C)(C)C)cc(NC(C)[C@H]3CC[C@H](N(C)C)CC3)c2C)c(=O)[nH]1. The van der Waals surface area contributed by atoms with Crippen molar-refractivity contribution in [1.29, 1.82) is 0 Å². The fraction of sp³-hybridized carbons (Fsp3) is 0.562. The molecular weight excluding hydrogens is 472 g/mol. The number of carbonyl (C=O) groups is 1.